The molecule has 0 radical (unpaired) electrons. The summed E-state index contributed by atoms with van der Waals surface area (Å²) in [7, 11) is -3.17. The SMILES string of the molecule is CC.CC(=O)c1ccc(CNS(C)(=O)=O)cc1. The number of sulfonamides is 1. The molecule has 1 N–H and O–H groups in total. The summed E-state index contributed by atoms with van der Waals surface area (Å²) < 4.78 is 24.0. The average molecular weight is 257 g/mol. The highest BCUT2D eigenvalue weighted by molar-refractivity contribution is 7.88. The van der Waals surface area contributed by atoms with Crippen LogP contribution in [0.25, 0.3) is 0 Å². The fourth-order valence-electron chi connectivity index (χ4n) is 1.07. The van der Waals surface area contributed by atoms with Gasteiger partial charge in [0.05, 0.1) is 6.26 Å². The van der Waals surface area contributed by atoms with Crippen molar-refractivity contribution in [2.45, 2.75) is 27.3 Å². The fraction of sp³-hybridized carbons (Fsp3) is 0.417. The van der Waals surface area contributed by atoms with Crippen LogP contribution in [-0.2, 0) is 16.6 Å². The zero-order chi connectivity index (χ0) is 13.5. The predicted octanol–water partition coefficient (Wildman–Crippen LogP) is 1.96. The first kappa shape index (κ1) is 15.8. The van der Waals surface area contributed by atoms with E-state index in [9.17, 15) is 13.2 Å². The van der Waals surface area contributed by atoms with E-state index in [0.717, 1.165) is 11.8 Å². The number of hydrogen-bond acceptors (Lipinski definition) is 3. The molecular formula is C12H19NO3S. The van der Waals surface area contributed by atoms with E-state index < -0.39 is 10.0 Å². The van der Waals surface area contributed by atoms with Crippen molar-refractivity contribution >= 4 is 15.8 Å². The second kappa shape index (κ2) is 7.19. The molecule has 0 spiro atoms. The third kappa shape index (κ3) is 6.86. The van der Waals surface area contributed by atoms with Crippen LogP contribution >= 0.6 is 0 Å². The molecule has 1 aromatic rings. The van der Waals surface area contributed by atoms with Gasteiger partial charge in [-0.25, -0.2) is 13.1 Å². The second-order valence-corrected chi connectivity index (χ2v) is 5.18. The molecule has 0 atom stereocenters. The molecule has 0 aromatic heterocycles. The summed E-state index contributed by atoms with van der Waals surface area (Å²) in [4.78, 5) is 11.0. The van der Waals surface area contributed by atoms with Gasteiger partial charge in [0, 0.05) is 12.1 Å². The number of rotatable bonds is 4. The highest BCUT2D eigenvalue weighted by Crippen LogP contribution is 2.05. The van der Waals surface area contributed by atoms with Crippen molar-refractivity contribution in [3.05, 3.63) is 35.4 Å². The summed E-state index contributed by atoms with van der Waals surface area (Å²) in [6.45, 7) is 5.74. The molecule has 1 rings (SSSR count). The van der Waals surface area contributed by atoms with Gasteiger partial charge in [-0.2, -0.15) is 0 Å². The average Bonchev–Trinajstić information content (AvgIpc) is 2.29. The largest absolute Gasteiger partial charge is 0.295 e. The van der Waals surface area contributed by atoms with E-state index >= 15 is 0 Å². The number of ketones is 1. The molecule has 0 fully saturated rings. The topological polar surface area (TPSA) is 63.2 Å². The molecule has 0 amide bonds. The first-order valence-corrected chi connectivity index (χ1v) is 7.32. The quantitative estimate of drug-likeness (QED) is 0.839. The van der Waals surface area contributed by atoms with Crippen molar-refractivity contribution in [1.82, 2.24) is 4.72 Å². The smallest absolute Gasteiger partial charge is 0.209 e. The van der Waals surface area contributed by atoms with Crippen molar-refractivity contribution < 1.29 is 13.2 Å². The van der Waals surface area contributed by atoms with Crippen molar-refractivity contribution in [2.75, 3.05) is 6.26 Å². The van der Waals surface area contributed by atoms with E-state index in [1.165, 1.54) is 6.92 Å². The second-order valence-electron chi connectivity index (χ2n) is 3.35. The Labute approximate surface area is 103 Å². The van der Waals surface area contributed by atoms with Crippen molar-refractivity contribution in [2.24, 2.45) is 0 Å². The maximum Gasteiger partial charge on any atom is 0.209 e. The summed E-state index contributed by atoms with van der Waals surface area (Å²) in [6, 6.07) is 6.83. The van der Waals surface area contributed by atoms with Crippen molar-refractivity contribution in [3.63, 3.8) is 0 Å². The molecule has 0 saturated heterocycles. The summed E-state index contributed by atoms with van der Waals surface area (Å²) in [5.74, 6) is -0.00220. The highest BCUT2D eigenvalue weighted by atomic mass is 32.2. The molecule has 17 heavy (non-hydrogen) atoms. The standard InChI is InChI=1S/C10H13NO3S.C2H6/c1-8(12)10-5-3-9(4-6-10)7-11-15(2,13)14;1-2/h3-6,11H,7H2,1-2H3;1-2H3. The zero-order valence-electron chi connectivity index (χ0n) is 10.6. The van der Waals surface area contributed by atoms with E-state index in [2.05, 4.69) is 4.72 Å². The molecular weight excluding hydrogens is 238 g/mol. The molecule has 0 bridgehead atoms. The molecule has 5 heteroatoms. The van der Waals surface area contributed by atoms with Crippen LogP contribution in [0.5, 0.6) is 0 Å². The summed E-state index contributed by atoms with van der Waals surface area (Å²) in [5, 5.41) is 0. The number of nitrogens with one attached hydrogen (secondary N) is 1. The first-order valence-electron chi connectivity index (χ1n) is 5.43. The highest BCUT2D eigenvalue weighted by Gasteiger charge is 2.02. The Morgan fingerprint density at radius 1 is 1.18 bits per heavy atom. The lowest BCUT2D eigenvalue weighted by atomic mass is 10.1. The maximum atomic E-state index is 11.0. The van der Waals surface area contributed by atoms with Crippen LogP contribution in [0.4, 0.5) is 0 Å². The summed E-state index contributed by atoms with van der Waals surface area (Å²) >= 11 is 0. The van der Waals surface area contributed by atoms with Gasteiger partial charge in [-0.3, -0.25) is 4.79 Å². The molecule has 96 valence electrons. The molecule has 0 aliphatic rings. The van der Waals surface area contributed by atoms with Gasteiger partial charge < -0.3 is 0 Å². The number of carbonyl (C=O) groups is 1. The number of benzene rings is 1. The minimum Gasteiger partial charge on any atom is -0.295 e. The van der Waals surface area contributed by atoms with Crippen LogP contribution in [0.1, 0.15) is 36.7 Å². The van der Waals surface area contributed by atoms with Crippen LogP contribution in [-0.4, -0.2) is 20.5 Å². The van der Waals surface area contributed by atoms with E-state index in [1.807, 2.05) is 13.8 Å². The number of carbonyl (C=O) groups excluding carboxylic acids is 1. The zero-order valence-corrected chi connectivity index (χ0v) is 11.5. The van der Waals surface area contributed by atoms with E-state index in [1.54, 1.807) is 24.3 Å². The lowest BCUT2D eigenvalue weighted by molar-refractivity contribution is 0.101. The van der Waals surface area contributed by atoms with Crippen LogP contribution in [0.3, 0.4) is 0 Å². The molecule has 0 aliphatic heterocycles. The van der Waals surface area contributed by atoms with E-state index in [-0.39, 0.29) is 12.3 Å². The third-order valence-electron chi connectivity index (χ3n) is 1.90. The van der Waals surface area contributed by atoms with Gasteiger partial charge >= 0.3 is 0 Å². The molecule has 4 nitrogen and oxygen atoms in total. The predicted molar refractivity (Wildman–Crippen MR) is 69.5 cm³/mol. The molecule has 1 aromatic carbocycles. The van der Waals surface area contributed by atoms with Gasteiger partial charge in [0.25, 0.3) is 0 Å². The summed E-state index contributed by atoms with van der Waals surface area (Å²) in [5.41, 5.74) is 1.45. The van der Waals surface area contributed by atoms with Crippen LogP contribution < -0.4 is 4.72 Å². The van der Waals surface area contributed by atoms with Gasteiger partial charge in [-0.15, -0.1) is 0 Å². The number of hydrogen-bond donors (Lipinski definition) is 1. The number of Topliss-reactive ketones (excluding diaryl/α,β-unsaturated/α-hetero) is 1. The lowest BCUT2D eigenvalue weighted by Crippen LogP contribution is -2.21. The van der Waals surface area contributed by atoms with Gasteiger partial charge in [0.15, 0.2) is 5.78 Å². The van der Waals surface area contributed by atoms with Crippen molar-refractivity contribution in [3.8, 4) is 0 Å². The normalized spacial score (nSPS) is 10.4. The van der Waals surface area contributed by atoms with Gasteiger partial charge in [0.1, 0.15) is 0 Å². The Balaban J connectivity index is 0.00000121. The fourth-order valence-corrected chi connectivity index (χ4v) is 1.50. The lowest BCUT2D eigenvalue weighted by Gasteiger charge is -2.03. The molecule has 0 heterocycles. The van der Waals surface area contributed by atoms with Crippen molar-refractivity contribution in [1.29, 1.82) is 0 Å². The van der Waals surface area contributed by atoms with Crippen LogP contribution in [0, 0.1) is 0 Å². The minimum absolute atomic E-state index is 0.00220. The Hall–Kier alpha value is -1.20. The van der Waals surface area contributed by atoms with Crippen LogP contribution in [0.2, 0.25) is 0 Å². The van der Waals surface area contributed by atoms with E-state index in [4.69, 9.17) is 0 Å². The Bertz CT molecular complexity index is 449. The maximum absolute atomic E-state index is 11.0. The molecule has 0 aliphatic carbocycles. The Kier molecular flexibility index (Phi) is 6.68. The van der Waals surface area contributed by atoms with E-state index in [0.29, 0.717) is 5.56 Å². The molecule has 0 unspecified atom stereocenters. The Morgan fingerprint density at radius 2 is 1.65 bits per heavy atom. The Morgan fingerprint density at radius 3 is 2.00 bits per heavy atom. The molecule has 0 saturated carbocycles. The third-order valence-corrected chi connectivity index (χ3v) is 2.57. The van der Waals surface area contributed by atoms with Gasteiger partial charge in [0.2, 0.25) is 10.0 Å². The van der Waals surface area contributed by atoms with Gasteiger partial charge in [-0.1, -0.05) is 38.1 Å². The van der Waals surface area contributed by atoms with Crippen LogP contribution in [0.15, 0.2) is 24.3 Å². The summed E-state index contributed by atoms with van der Waals surface area (Å²) in [6.07, 6.45) is 1.11. The first-order chi connectivity index (χ1) is 7.88. The van der Waals surface area contributed by atoms with Gasteiger partial charge in [-0.05, 0) is 12.5 Å². The minimum atomic E-state index is -3.17. The monoisotopic (exact) mass is 257 g/mol.